The van der Waals surface area contributed by atoms with Crippen molar-refractivity contribution in [3.8, 4) is 0 Å². The van der Waals surface area contributed by atoms with Crippen LogP contribution >= 0.6 is 0 Å². The molecule has 2 aromatic rings. The van der Waals surface area contributed by atoms with Crippen molar-refractivity contribution in [2.45, 2.75) is 25.4 Å². The number of hydrogen-bond acceptors (Lipinski definition) is 3. The van der Waals surface area contributed by atoms with E-state index >= 15 is 0 Å². The summed E-state index contributed by atoms with van der Waals surface area (Å²) in [5.74, 6) is 1.60. The molecule has 0 amide bonds. The highest BCUT2D eigenvalue weighted by Crippen LogP contribution is 2.32. The molecule has 0 unspecified atom stereocenters. The van der Waals surface area contributed by atoms with Crippen LogP contribution in [0.1, 0.15) is 44.7 Å². The van der Waals surface area contributed by atoms with Crippen LogP contribution in [-0.4, -0.2) is 17.4 Å². The fourth-order valence-electron chi connectivity index (χ4n) is 2.63. The molecule has 0 aromatic heterocycles. The van der Waals surface area contributed by atoms with Crippen molar-refractivity contribution in [3.63, 3.8) is 0 Å². The lowest BCUT2D eigenvalue weighted by molar-refractivity contribution is -0.137. The summed E-state index contributed by atoms with van der Waals surface area (Å²) in [6, 6.07) is 11.6. The first-order valence-corrected chi connectivity index (χ1v) is 7.83. The zero-order valence-electron chi connectivity index (χ0n) is 13.5. The summed E-state index contributed by atoms with van der Waals surface area (Å²) >= 11 is 0. The molecule has 0 saturated carbocycles. The van der Waals surface area contributed by atoms with E-state index in [1.165, 1.54) is 12.1 Å². The van der Waals surface area contributed by atoms with E-state index in [4.69, 9.17) is 0 Å². The Morgan fingerprint density at radius 2 is 1.81 bits per heavy atom. The number of hydrogen-bond donors (Lipinski definition) is 0. The van der Waals surface area contributed by atoms with Gasteiger partial charge in [-0.1, -0.05) is 24.3 Å². The van der Waals surface area contributed by atoms with Crippen LogP contribution in [0.25, 0.3) is 0 Å². The Bertz CT molecular complexity index is 938. The zero-order valence-corrected chi connectivity index (χ0v) is 13.5. The first kappa shape index (κ1) is 17.7. The summed E-state index contributed by atoms with van der Waals surface area (Å²) in [6.45, 7) is 0. The van der Waals surface area contributed by atoms with E-state index in [1.54, 1.807) is 12.1 Å². The number of alkyl halides is 3. The van der Waals surface area contributed by atoms with Gasteiger partial charge in [-0.05, 0) is 35.7 Å². The second kappa shape index (κ2) is 6.99. The van der Waals surface area contributed by atoms with Gasteiger partial charge in [-0.15, -0.1) is 0 Å². The van der Waals surface area contributed by atoms with Gasteiger partial charge in [0.25, 0.3) is 0 Å². The molecule has 1 aliphatic heterocycles. The Hall–Kier alpha value is -3.16. The molecule has 1 aliphatic rings. The largest absolute Gasteiger partial charge is 0.417 e. The van der Waals surface area contributed by atoms with Crippen molar-refractivity contribution in [3.05, 3.63) is 70.8 Å². The van der Waals surface area contributed by atoms with Gasteiger partial charge >= 0.3 is 6.18 Å². The van der Waals surface area contributed by atoms with Gasteiger partial charge in [-0.25, -0.2) is 0 Å². The fraction of sp³-hybridized carbons (Fsp3) is 0.200. The standard InChI is InChI=1S/C20H12F3NO2/c21-20(22,23)16-6-2-1-5-15(16)19(26)10-9-18(25)14-7-8-17-13(12-14)4-3-11-24-17/h1-3,5-6,12H,4,9-10H2. The molecule has 0 spiro atoms. The fourth-order valence-corrected chi connectivity index (χ4v) is 2.63. The number of fused-ring (bicyclic) bond motifs is 1. The summed E-state index contributed by atoms with van der Waals surface area (Å²) in [6.07, 6.45) is -2.86. The first-order chi connectivity index (χ1) is 12.4. The molecule has 0 atom stereocenters. The average Bonchev–Trinajstić information content (AvgIpc) is 2.64. The number of halogens is 3. The van der Waals surface area contributed by atoms with Crippen LogP contribution < -0.4 is 0 Å². The molecule has 0 radical (unpaired) electrons. The Labute approximate surface area is 147 Å². The van der Waals surface area contributed by atoms with Crippen LogP contribution in [0.3, 0.4) is 0 Å². The minimum atomic E-state index is -4.62. The van der Waals surface area contributed by atoms with E-state index in [0.29, 0.717) is 12.1 Å². The Kier molecular flexibility index (Phi) is 4.75. The van der Waals surface area contributed by atoms with Crippen LogP contribution in [0, 0.1) is 12.1 Å². The average molecular weight is 355 g/mol. The van der Waals surface area contributed by atoms with Crippen molar-refractivity contribution in [2.24, 2.45) is 4.99 Å². The van der Waals surface area contributed by atoms with E-state index in [9.17, 15) is 22.8 Å². The van der Waals surface area contributed by atoms with E-state index in [2.05, 4.69) is 23.0 Å². The van der Waals surface area contributed by atoms with Gasteiger partial charge in [-0.2, -0.15) is 18.2 Å². The van der Waals surface area contributed by atoms with Gasteiger partial charge in [0, 0.05) is 24.8 Å². The smallest absolute Gasteiger partial charge is 0.294 e. The number of allylic oxidation sites excluding steroid dienone is 1. The van der Waals surface area contributed by atoms with Crippen molar-refractivity contribution >= 4 is 23.1 Å². The van der Waals surface area contributed by atoms with E-state index < -0.39 is 23.1 Å². The third-order valence-electron chi connectivity index (χ3n) is 3.94. The summed E-state index contributed by atoms with van der Waals surface area (Å²) in [4.78, 5) is 28.4. The third kappa shape index (κ3) is 3.74. The Balaban J connectivity index is 1.71. The summed E-state index contributed by atoms with van der Waals surface area (Å²) in [5.41, 5.74) is 0.175. The number of ketones is 2. The third-order valence-corrected chi connectivity index (χ3v) is 3.94. The maximum atomic E-state index is 13.0. The van der Waals surface area contributed by atoms with E-state index in [-0.39, 0.29) is 24.2 Å². The lowest BCUT2D eigenvalue weighted by Gasteiger charge is -2.11. The van der Waals surface area contributed by atoms with Crippen molar-refractivity contribution < 1.29 is 22.8 Å². The number of Topliss-reactive ketones (excluding diaryl/α,β-unsaturated/α-hetero) is 2. The van der Waals surface area contributed by atoms with E-state index in [0.717, 1.165) is 17.7 Å². The van der Waals surface area contributed by atoms with Crippen LogP contribution in [0.4, 0.5) is 18.9 Å². The molecule has 26 heavy (non-hydrogen) atoms. The number of nitrogens with zero attached hydrogens (tertiary/aromatic N) is 1. The molecule has 130 valence electrons. The van der Waals surface area contributed by atoms with Crippen LogP contribution in [0.2, 0.25) is 0 Å². The lowest BCUT2D eigenvalue weighted by atomic mass is 9.97. The van der Waals surface area contributed by atoms with Crippen LogP contribution in [-0.2, 0) is 12.6 Å². The van der Waals surface area contributed by atoms with Gasteiger partial charge < -0.3 is 0 Å². The molecular formula is C20H12F3NO2. The van der Waals surface area contributed by atoms with E-state index in [1.807, 2.05) is 0 Å². The van der Waals surface area contributed by atoms with Gasteiger partial charge in [-0.3, -0.25) is 9.59 Å². The number of carbonyl (C=O) groups excluding carboxylic acids is 2. The summed E-state index contributed by atoms with van der Waals surface area (Å²) in [5, 5.41) is 0. The van der Waals surface area contributed by atoms with Crippen molar-refractivity contribution in [1.82, 2.24) is 0 Å². The second-order valence-electron chi connectivity index (χ2n) is 5.72. The SMILES string of the molecule is O=C(CCC(=O)c1ccccc1C(F)(F)F)c1c#cc2c(c1)CC=C=N2. The lowest BCUT2D eigenvalue weighted by Crippen LogP contribution is -2.14. The highest BCUT2D eigenvalue weighted by atomic mass is 19.4. The molecular weight excluding hydrogens is 343 g/mol. The molecule has 0 saturated heterocycles. The molecule has 2 aromatic carbocycles. The second-order valence-corrected chi connectivity index (χ2v) is 5.72. The number of aliphatic imine (C=N–C) groups is 1. The van der Waals surface area contributed by atoms with Crippen molar-refractivity contribution in [1.29, 1.82) is 0 Å². The van der Waals surface area contributed by atoms with Crippen molar-refractivity contribution in [2.75, 3.05) is 0 Å². The van der Waals surface area contributed by atoms with Gasteiger partial charge in [0.1, 0.15) is 5.69 Å². The summed E-state index contributed by atoms with van der Waals surface area (Å²) < 4.78 is 39.0. The topological polar surface area (TPSA) is 46.5 Å². The molecule has 0 N–H and O–H groups in total. The molecule has 0 bridgehead atoms. The molecule has 1 heterocycles. The Morgan fingerprint density at radius 3 is 2.58 bits per heavy atom. The molecule has 6 heteroatoms. The quantitative estimate of drug-likeness (QED) is 0.738. The highest BCUT2D eigenvalue weighted by Gasteiger charge is 2.34. The maximum absolute atomic E-state index is 13.0. The number of benzene rings is 1. The predicted octanol–water partition coefficient (Wildman–Crippen LogP) is 4.57. The predicted molar refractivity (Wildman–Crippen MR) is 88.8 cm³/mol. The monoisotopic (exact) mass is 355 g/mol. The van der Waals surface area contributed by atoms with Gasteiger partial charge in [0.15, 0.2) is 11.6 Å². The number of carbonyl (C=O) groups is 2. The number of rotatable bonds is 5. The molecule has 0 aliphatic carbocycles. The molecule has 3 rings (SSSR count). The minimum absolute atomic E-state index is 0.201. The maximum Gasteiger partial charge on any atom is 0.417 e. The zero-order chi connectivity index (χ0) is 18.7. The summed E-state index contributed by atoms with van der Waals surface area (Å²) in [7, 11) is 0. The van der Waals surface area contributed by atoms with Crippen LogP contribution in [0.5, 0.6) is 0 Å². The Morgan fingerprint density at radius 1 is 1.08 bits per heavy atom. The molecule has 3 nitrogen and oxygen atoms in total. The van der Waals surface area contributed by atoms with Gasteiger partial charge in [0.05, 0.1) is 11.1 Å². The minimum Gasteiger partial charge on any atom is -0.294 e. The molecule has 0 fully saturated rings. The highest BCUT2D eigenvalue weighted by molar-refractivity contribution is 6.02. The first-order valence-electron chi connectivity index (χ1n) is 7.83. The van der Waals surface area contributed by atoms with Gasteiger partial charge in [0.2, 0.25) is 0 Å². The normalized spacial score (nSPS) is 12.4. The van der Waals surface area contributed by atoms with Crippen LogP contribution in [0.15, 0.2) is 41.4 Å².